The number of allylic oxidation sites excluding steroid dienone is 1. The number of carbonyl (C=O) groups is 3. The molecule has 2 aliphatic heterocycles. The lowest BCUT2D eigenvalue weighted by atomic mass is 9.96. The van der Waals surface area contributed by atoms with Gasteiger partial charge in [-0.15, -0.1) is 0 Å². The summed E-state index contributed by atoms with van der Waals surface area (Å²) in [6.45, 7) is 0.756. The Morgan fingerprint density at radius 3 is 2.27 bits per heavy atom. The van der Waals surface area contributed by atoms with E-state index >= 15 is 8.78 Å². The van der Waals surface area contributed by atoms with Crippen LogP contribution in [0.3, 0.4) is 0 Å². The van der Waals surface area contributed by atoms with Gasteiger partial charge in [0.05, 0.1) is 18.4 Å². The molecule has 10 heteroatoms. The molecular weight excluding hydrogens is 566 g/mol. The number of anilines is 2. The molecule has 1 fully saturated rings. The molecule has 0 radical (unpaired) electrons. The van der Waals surface area contributed by atoms with Gasteiger partial charge < -0.3 is 24.8 Å². The summed E-state index contributed by atoms with van der Waals surface area (Å²) < 4.78 is 36.6. The minimum Gasteiger partial charge on any atom is -0.496 e. The Hall–Kier alpha value is -4.57. The van der Waals surface area contributed by atoms with E-state index in [0.29, 0.717) is 41.8 Å². The molecular formula is C34H36F2N4O4. The molecule has 0 aromatic heterocycles. The molecule has 2 heterocycles. The van der Waals surface area contributed by atoms with E-state index in [2.05, 4.69) is 10.2 Å². The monoisotopic (exact) mass is 602 g/mol. The van der Waals surface area contributed by atoms with Crippen molar-refractivity contribution in [2.45, 2.75) is 31.2 Å². The predicted octanol–water partition coefficient (Wildman–Crippen LogP) is 5.57. The van der Waals surface area contributed by atoms with Gasteiger partial charge in [-0.1, -0.05) is 30.3 Å². The van der Waals surface area contributed by atoms with Gasteiger partial charge in [-0.25, -0.2) is 8.78 Å². The van der Waals surface area contributed by atoms with Crippen molar-refractivity contribution < 1.29 is 27.9 Å². The number of ether oxygens (including phenoxy) is 1. The Morgan fingerprint density at radius 2 is 1.59 bits per heavy atom. The van der Waals surface area contributed by atoms with Crippen LogP contribution in [0.1, 0.15) is 45.5 Å². The van der Waals surface area contributed by atoms with Crippen LogP contribution in [0.2, 0.25) is 0 Å². The molecule has 3 aromatic rings. The molecule has 1 N–H and O–H groups in total. The summed E-state index contributed by atoms with van der Waals surface area (Å²) >= 11 is 0. The van der Waals surface area contributed by atoms with Crippen molar-refractivity contribution in [3.63, 3.8) is 0 Å². The fourth-order valence-electron chi connectivity index (χ4n) is 5.74. The van der Waals surface area contributed by atoms with Crippen LogP contribution in [0.25, 0.3) is 5.57 Å². The first-order valence-electron chi connectivity index (χ1n) is 14.6. The number of hydrogen-bond acceptors (Lipinski definition) is 5. The molecule has 8 nitrogen and oxygen atoms in total. The maximum Gasteiger partial charge on any atom is 0.275 e. The topological polar surface area (TPSA) is 82.2 Å². The number of carbonyl (C=O) groups excluding carboxylic acids is 3. The van der Waals surface area contributed by atoms with Gasteiger partial charge in [-0.3, -0.25) is 14.4 Å². The second-order valence-corrected chi connectivity index (χ2v) is 11.2. The number of rotatable bonds is 6. The normalized spacial score (nSPS) is 17.6. The van der Waals surface area contributed by atoms with Gasteiger partial charge in [0, 0.05) is 60.6 Å². The highest BCUT2D eigenvalue weighted by Gasteiger charge is 2.42. The van der Waals surface area contributed by atoms with Crippen molar-refractivity contribution >= 4 is 34.7 Å². The van der Waals surface area contributed by atoms with E-state index < -0.39 is 24.2 Å². The highest BCUT2D eigenvalue weighted by Crippen LogP contribution is 2.43. The van der Waals surface area contributed by atoms with Gasteiger partial charge in [0.15, 0.2) is 0 Å². The molecule has 0 atom stereocenters. The van der Waals surface area contributed by atoms with Gasteiger partial charge >= 0.3 is 0 Å². The zero-order valence-electron chi connectivity index (χ0n) is 25.1. The highest BCUT2D eigenvalue weighted by molar-refractivity contribution is 6.10. The van der Waals surface area contributed by atoms with Crippen LogP contribution in [0.4, 0.5) is 20.2 Å². The largest absolute Gasteiger partial charge is 0.496 e. The molecule has 2 aliphatic rings. The first-order valence-corrected chi connectivity index (χ1v) is 14.6. The number of nitrogens with zero attached hydrogens (tertiary/aromatic N) is 3. The number of hydrogen-bond donors (Lipinski definition) is 1. The lowest BCUT2D eigenvalue weighted by Crippen LogP contribution is -2.44. The fraction of sp³-hybridized carbons (Fsp3) is 0.324. The Morgan fingerprint density at radius 1 is 0.932 bits per heavy atom. The maximum atomic E-state index is 15.7. The van der Waals surface area contributed by atoms with Gasteiger partial charge in [0.1, 0.15) is 5.75 Å². The van der Waals surface area contributed by atoms with E-state index in [1.54, 1.807) is 71.6 Å². The number of amides is 3. The van der Waals surface area contributed by atoms with Crippen molar-refractivity contribution in [1.29, 1.82) is 0 Å². The van der Waals surface area contributed by atoms with E-state index in [9.17, 15) is 14.4 Å². The number of methoxy groups -OCH3 is 1. The van der Waals surface area contributed by atoms with Gasteiger partial charge in [-0.2, -0.15) is 0 Å². The summed E-state index contributed by atoms with van der Waals surface area (Å²) in [6, 6.07) is 19.9. The third-order valence-corrected chi connectivity index (χ3v) is 8.29. The maximum absolute atomic E-state index is 15.7. The fourth-order valence-corrected chi connectivity index (χ4v) is 5.74. The van der Waals surface area contributed by atoms with Crippen LogP contribution >= 0.6 is 0 Å². The number of benzene rings is 3. The average Bonchev–Trinajstić information content (AvgIpc) is 3.14. The molecule has 0 aliphatic carbocycles. The standard InChI is InChI=1S/C34H36F2N4O4/c1-38(2)25-16-19-39(20-17-25)31(41)22-28-26-8-4-6-10-29(26)40(21-18-34(28,35)36)33(43)23-12-14-24(15-13-23)37-32(42)27-9-5-7-11-30(27)44-3/h4-15,22,25H,16-21H2,1-3H3,(H,37,42). The quantitative estimate of drug-likeness (QED) is 0.373. The van der Waals surface area contributed by atoms with Gasteiger partial charge in [0.25, 0.3) is 17.7 Å². The van der Waals surface area contributed by atoms with Crippen LogP contribution in [-0.2, 0) is 4.79 Å². The number of halogens is 2. The van der Waals surface area contributed by atoms with Crippen LogP contribution in [0, 0.1) is 0 Å². The predicted molar refractivity (Wildman–Crippen MR) is 166 cm³/mol. The van der Waals surface area contributed by atoms with E-state index in [-0.39, 0.29) is 29.2 Å². The smallest absolute Gasteiger partial charge is 0.275 e. The minimum absolute atomic E-state index is 0.153. The number of fused-ring (bicyclic) bond motifs is 1. The summed E-state index contributed by atoms with van der Waals surface area (Å²) in [6.07, 6.45) is 1.98. The summed E-state index contributed by atoms with van der Waals surface area (Å²) in [7, 11) is 5.47. The highest BCUT2D eigenvalue weighted by atomic mass is 19.3. The van der Waals surface area contributed by atoms with Crippen molar-refractivity contribution in [2.75, 3.05) is 51.1 Å². The number of likely N-dealkylation sites (tertiary alicyclic amines) is 1. The van der Waals surface area contributed by atoms with Crippen molar-refractivity contribution in [3.8, 4) is 5.75 Å². The number of alkyl halides is 2. The summed E-state index contributed by atoms with van der Waals surface area (Å²) in [4.78, 5) is 44.8. The van der Waals surface area contributed by atoms with Gasteiger partial charge in [-0.05, 0) is 69.4 Å². The lowest BCUT2D eigenvalue weighted by molar-refractivity contribution is -0.127. The van der Waals surface area contributed by atoms with Gasteiger partial charge in [0.2, 0.25) is 5.91 Å². The molecule has 0 unspecified atom stereocenters. The lowest BCUT2D eigenvalue weighted by Gasteiger charge is -2.35. The number of piperidine rings is 1. The van der Waals surface area contributed by atoms with Crippen molar-refractivity contribution in [2.24, 2.45) is 0 Å². The number of nitrogens with one attached hydrogen (secondary N) is 1. The number of para-hydroxylation sites is 2. The Bertz CT molecular complexity index is 1560. The van der Waals surface area contributed by atoms with Crippen LogP contribution in [-0.4, -0.2) is 80.3 Å². The first-order chi connectivity index (χ1) is 21.1. The zero-order valence-corrected chi connectivity index (χ0v) is 25.1. The van der Waals surface area contributed by atoms with E-state index in [1.807, 2.05) is 14.1 Å². The molecule has 3 aromatic carbocycles. The minimum atomic E-state index is -3.32. The van der Waals surface area contributed by atoms with Crippen LogP contribution in [0.5, 0.6) is 5.75 Å². The zero-order chi connectivity index (χ0) is 31.4. The Labute approximate surface area is 255 Å². The third-order valence-electron chi connectivity index (χ3n) is 8.29. The molecule has 3 amide bonds. The van der Waals surface area contributed by atoms with Crippen LogP contribution < -0.4 is 15.0 Å². The third kappa shape index (κ3) is 6.50. The van der Waals surface area contributed by atoms with Crippen molar-refractivity contribution in [1.82, 2.24) is 9.80 Å². The Kier molecular flexibility index (Phi) is 9.10. The average molecular weight is 603 g/mol. The summed E-state index contributed by atoms with van der Waals surface area (Å²) in [5.41, 5.74) is 1.17. The summed E-state index contributed by atoms with van der Waals surface area (Å²) in [5.74, 6) is -4.18. The van der Waals surface area contributed by atoms with Crippen molar-refractivity contribution in [3.05, 3.63) is 95.6 Å². The van der Waals surface area contributed by atoms with E-state index in [4.69, 9.17) is 4.74 Å². The molecule has 44 heavy (non-hydrogen) atoms. The molecule has 0 saturated carbocycles. The van der Waals surface area contributed by atoms with E-state index in [1.165, 1.54) is 18.1 Å². The Balaban J connectivity index is 1.37. The van der Waals surface area contributed by atoms with Crippen LogP contribution in [0.15, 0.2) is 78.9 Å². The molecule has 0 spiro atoms. The second kappa shape index (κ2) is 13.0. The summed E-state index contributed by atoms with van der Waals surface area (Å²) in [5, 5.41) is 2.79. The molecule has 0 bridgehead atoms. The second-order valence-electron chi connectivity index (χ2n) is 11.2. The molecule has 230 valence electrons. The van der Waals surface area contributed by atoms with E-state index in [0.717, 1.165) is 18.9 Å². The molecule has 5 rings (SSSR count). The SMILES string of the molecule is COc1ccccc1C(=O)Nc1ccc(C(=O)N2CCC(F)(F)C(=CC(=O)N3CCC(N(C)C)CC3)c3ccccc32)cc1. The molecule has 1 saturated heterocycles. The first kappa shape index (κ1) is 30.9.